The largest absolute Gasteiger partial charge is 0.389 e. The van der Waals surface area contributed by atoms with Crippen molar-refractivity contribution in [3.05, 3.63) is 0 Å². The molecule has 2 atom stereocenters. The van der Waals surface area contributed by atoms with Crippen molar-refractivity contribution in [3.8, 4) is 0 Å². The second kappa shape index (κ2) is 7.05. The van der Waals surface area contributed by atoms with Crippen molar-refractivity contribution < 1.29 is 9.84 Å². The number of rotatable bonds is 4. The second-order valence-electron chi connectivity index (χ2n) is 6.89. The van der Waals surface area contributed by atoms with Gasteiger partial charge in [-0.2, -0.15) is 0 Å². The maximum absolute atomic E-state index is 10.7. The molecule has 1 aliphatic heterocycles. The second-order valence-corrected chi connectivity index (χ2v) is 6.89. The van der Waals surface area contributed by atoms with E-state index in [0.717, 1.165) is 38.8 Å². The Kier molecular flexibility index (Phi) is 5.67. The molecule has 2 rings (SSSR count). The Bertz CT molecular complexity index is 259. The normalized spacial score (nSPS) is 32.2. The first kappa shape index (κ1) is 15.3. The molecule has 1 saturated carbocycles. The van der Waals surface area contributed by atoms with Crippen LogP contribution in [0.2, 0.25) is 0 Å². The molecule has 2 N–H and O–H groups in total. The zero-order valence-electron chi connectivity index (χ0n) is 12.7. The van der Waals surface area contributed by atoms with Crippen LogP contribution in [-0.4, -0.2) is 36.0 Å². The molecule has 1 aliphatic carbocycles. The number of ether oxygens (including phenoxy) is 1. The monoisotopic (exact) mass is 269 g/mol. The Hall–Kier alpha value is -0.120. The molecular weight excluding hydrogens is 238 g/mol. The lowest BCUT2D eigenvalue weighted by molar-refractivity contribution is -0.0320. The minimum atomic E-state index is -0.456. The molecule has 2 fully saturated rings. The van der Waals surface area contributed by atoms with Crippen LogP contribution in [0, 0.1) is 5.92 Å². The topological polar surface area (TPSA) is 41.5 Å². The van der Waals surface area contributed by atoms with E-state index in [1.807, 2.05) is 0 Å². The SMILES string of the molecule is CC(C)C1CC(NCC2(O)CCCCCC2)CCO1. The van der Waals surface area contributed by atoms with Gasteiger partial charge in [0.2, 0.25) is 0 Å². The lowest BCUT2D eigenvalue weighted by atomic mass is 9.92. The van der Waals surface area contributed by atoms with E-state index in [0.29, 0.717) is 18.1 Å². The van der Waals surface area contributed by atoms with E-state index >= 15 is 0 Å². The zero-order chi connectivity index (χ0) is 13.7. The van der Waals surface area contributed by atoms with Crippen molar-refractivity contribution in [2.24, 2.45) is 5.92 Å². The van der Waals surface area contributed by atoms with Crippen LogP contribution in [0.1, 0.15) is 65.2 Å². The van der Waals surface area contributed by atoms with Gasteiger partial charge in [0.1, 0.15) is 0 Å². The molecule has 19 heavy (non-hydrogen) atoms. The molecule has 0 amide bonds. The molecule has 0 spiro atoms. The maximum atomic E-state index is 10.7. The van der Waals surface area contributed by atoms with E-state index in [2.05, 4.69) is 19.2 Å². The fourth-order valence-electron chi connectivity index (χ4n) is 3.38. The minimum absolute atomic E-state index is 0.384. The van der Waals surface area contributed by atoms with Crippen LogP contribution in [0.15, 0.2) is 0 Å². The van der Waals surface area contributed by atoms with Crippen molar-refractivity contribution in [3.63, 3.8) is 0 Å². The summed E-state index contributed by atoms with van der Waals surface area (Å²) in [5.41, 5.74) is -0.456. The molecule has 0 bridgehead atoms. The van der Waals surface area contributed by atoms with Gasteiger partial charge in [0, 0.05) is 19.2 Å². The van der Waals surface area contributed by atoms with Crippen molar-refractivity contribution >= 4 is 0 Å². The summed E-state index contributed by atoms with van der Waals surface area (Å²) in [4.78, 5) is 0. The maximum Gasteiger partial charge on any atom is 0.0771 e. The van der Waals surface area contributed by atoms with Gasteiger partial charge in [-0.15, -0.1) is 0 Å². The van der Waals surface area contributed by atoms with E-state index in [4.69, 9.17) is 4.74 Å². The number of nitrogens with one attached hydrogen (secondary N) is 1. The number of aliphatic hydroxyl groups is 1. The first-order valence-electron chi connectivity index (χ1n) is 8.16. The standard InChI is InChI=1S/C16H31NO2/c1-13(2)15-11-14(7-10-19-15)17-12-16(18)8-5-3-4-6-9-16/h13-15,17-18H,3-12H2,1-2H3. The number of hydrogen-bond donors (Lipinski definition) is 2. The van der Waals surface area contributed by atoms with E-state index < -0.39 is 5.60 Å². The molecule has 112 valence electrons. The summed E-state index contributed by atoms with van der Waals surface area (Å²) >= 11 is 0. The van der Waals surface area contributed by atoms with Crippen LogP contribution in [-0.2, 0) is 4.74 Å². The third-order valence-corrected chi connectivity index (χ3v) is 4.81. The van der Waals surface area contributed by atoms with Crippen LogP contribution in [0.3, 0.4) is 0 Å². The quantitative estimate of drug-likeness (QED) is 0.771. The van der Waals surface area contributed by atoms with Crippen molar-refractivity contribution in [2.75, 3.05) is 13.2 Å². The van der Waals surface area contributed by atoms with E-state index in [1.165, 1.54) is 25.7 Å². The Morgan fingerprint density at radius 2 is 1.89 bits per heavy atom. The van der Waals surface area contributed by atoms with E-state index in [-0.39, 0.29) is 0 Å². The van der Waals surface area contributed by atoms with Gasteiger partial charge < -0.3 is 15.2 Å². The predicted octanol–water partition coefficient (Wildman–Crippen LogP) is 2.86. The summed E-state index contributed by atoms with van der Waals surface area (Å²) in [5.74, 6) is 0.588. The first-order chi connectivity index (χ1) is 9.09. The van der Waals surface area contributed by atoms with Crippen molar-refractivity contribution in [1.82, 2.24) is 5.32 Å². The molecule has 0 aromatic heterocycles. The molecule has 2 aliphatic rings. The van der Waals surface area contributed by atoms with Gasteiger partial charge in [0.05, 0.1) is 11.7 Å². The Balaban J connectivity index is 1.77. The predicted molar refractivity (Wildman–Crippen MR) is 78.3 cm³/mol. The van der Waals surface area contributed by atoms with Crippen molar-refractivity contribution in [1.29, 1.82) is 0 Å². The highest BCUT2D eigenvalue weighted by molar-refractivity contribution is 4.86. The third kappa shape index (κ3) is 4.73. The van der Waals surface area contributed by atoms with Gasteiger partial charge in [-0.05, 0) is 31.6 Å². The average molecular weight is 269 g/mol. The summed E-state index contributed by atoms with van der Waals surface area (Å²) in [7, 11) is 0. The molecule has 0 radical (unpaired) electrons. The van der Waals surface area contributed by atoms with Gasteiger partial charge in [-0.1, -0.05) is 39.5 Å². The highest BCUT2D eigenvalue weighted by Crippen LogP contribution is 2.27. The number of hydrogen-bond acceptors (Lipinski definition) is 3. The molecular formula is C16H31NO2. The van der Waals surface area contributed by atoms with E-state index in [1.54, 1.807) is 0 Å². The van der Waals surface area contributed by atoms with Crippen LogP contribution < -0.4 is 5.32 Å². The smallest absolute Gasteiger partial charge is 0.0771 e. The highest BCUT2D eigenvalue weighted by atomic mass is 16.5. The van der Waals surface area contributed by atoms with Gasteiger partial charge in [0.25, 0.3) is 0 Å². The highest BCUT2D eigenvalue weighted by Gasteiger charge is 2.30. The summed E-state index contributed by atoms with van der Waals surface area (Å²) in [5, 5.41) is 14.3. The summed E-state index contributed by atoms with van der Waals surface area (Å²) < 4.78 is 5.80. The Morgan fingerprint density at radius 3 is 2.53 bits per heavy atom. The fraction of sp³-hybridized carbons (Fsp3) is 1.00. The average Bonchev–Trinajstić information content (AvgIpc) is 2.62. The van der Waals surface area contributed by atoms with Crippen LogP contribution in [0.5, 0.6) is 0 Å². The van der Waals surface area contributed by atoms with Crippen LogP contribution >= 0.6 is 0 Å². The fourth-order valence-corrected chi connectivity index (χ4v) is 3.38. The molecule has 1 heterocycles. The molecule has 0 aromatic rings. The van der Waals surface area contributed by atoms with Gasteiger partial charge >= 0.3 is 0 Å². The molecule has 3 nitrogen and oxygen atoms in total. The molecule has 0 aromatic carbocycles. The van der Waals surface area contributed by atoms with Gasteiger partial charge in [-0.3, -0.25) is 0 Å². The molecule has 1 saturated heterocycles. The lowest BCUT2D eigenvalue weighted by Gasteiger charge is -2.35. The lowest BCUT2D eigenvalue weighted by Crippen LogP contribution is -2.48. The Labute approximate surface area is 118 Å². The van der Waals surface area contributed by atoms with Gasteiger partial charge in [0.15, 0.2) is 0 Å². The first-order valence-corrected chi connectivity index (χ1v) is 8.16. The zero-order valence-corrected chi connectivity index (χ0v) is 12.7. The van der Waals surface area contributed by atoms with E-state index in [9.17, 15) is 5.11 Å². The summed E-state index contributed by atoms with van der Waals surface area (Å²) in [6, 6.07) is 0.522. The summed E-state index contributed by atoms with van der Waals surface area (Å²) in [6.45, 7) is 6.08. The Morgan fingerprint density at radius 1 is 1.21 bits per heavy atom. The van der Waals surface area contributed by atoms with Crippen LogP contribution in [0.25, 0.3) is 0 Å². The summed E-state index contributed by atoms with van der Waals surface area (Å²) in [6.07, 6.45) is 9.43. The molecule has 2 unspecified atom stereocenters. The van der Waals surface area contributed by atoms with Crippen molar-refractivity contribution in [2.45, 2.75) is 83.0 Å². The van der Waals surface area contributed by atoms with Gasteiger partial charge in [-0.25, -0.2) is 0 Å². The molecule has 3 heteroatoms. The third-order valence-electron chi connectivity index (χ3n) is 4.81. The minimum Gasteiger partial charge on any atom is -0.389 e. The van der Waals surface area contributed by atoms with Crippen LogP contribution in [0.4, 0.5) is 0 Å².